The number of carbonyl (C=O) groups is 1. The number of aliphatic hydroxyl groups is 1. The Morgan fingerprint density at radius 3 is 2.59 bits per heavy atom. The van der Waals surface area contributed by atoms with Crippen molar-refractivity contribution in [1.82, 2.24) is 14.8 Å². The van der Waals surface area contributed by atoms with Crippen LogP contribution >= 0.6 is 0 Å². The van der Waals surface area contributed by atoms with Gasteiger partial charge in [-0.3, -0.25) is 9.69 Å². The second kappa shape index (κ2) is 7.60. The lowest BCUT2D eigenvalue weighted by molar-refractivity contribution is 0.0827. The second-order valence-corrected chi connectivity index (χ2v) is 5.68. The third-order valence-electron chi connectivity index (χ3n) is 3.95. The van der Waals surface area contributed by atoms with Crippen LogP contribution in [0.5, 0.6) is 0 Å². The second-order valence-electron chi connectivity index (χ2n) is 5.68. The molecule has 2 heterocycles. The van der Waals surface area contributed by atoms with Crippen LogP contribution < -0.4 is 10.4 Å². The molecule has 1 aliphatic rings. The maximum absolute atomic E-state index is 12.4. The highest BCUT2D eigenvalue weighted by Crippen LogP contribution is 2.19. The standard InChI is InChI=1S/C15H24BN4O2/c1-16-12-10-13(15(22)18(2)3)14(17-11-12)20-6-4-19(5-7-20)8-9-21/h10-11,21H,4-9H2,1-3H3. The van der Waals surface area contributed by atoms with E-state index in [-0.39, 0.29) is 12.5 Å². The van der Waals surface area contributed by atoms with Gasteiger partial charge in [0, 0.05) is 53.0 Å². The summed E-state index contributed by atoms with van der Waals surface area (Å²) < 4.78 is 0. The van der Waals surface area contributed by atoms with Gasteiger partial charge in [0.2, 0.25) is 0 Å². The molecule has 0 atom stereocenters. The van der Waals surface area contributed by atoms with Crippen LogP contribution in [0.4, 0.5) is 5.82 Å². The number of hydrogen-bond donors (Lipinski definition) is 1. The molecule has 1 fully saturated rings. The molecule has 119 valence electrons. The molecule has 0 saturated carbocycles. The molecule has 1 amide bonds. The average Bonchev–Trinajstić information content (AvgIpc) is 2.54. The summed E-state index contributed by atoms with van der Waals surface area (Å²) in [5.41, 5.74) is 1.60. The molecule has 0 unspecified atom stereocenters. The number of piperazine rings is 1. The van der Waals surface area contributed by atoms with Gasteiger partial charge in [-0.1, -0.05) is 18.4 Å². The first-order valence-electron chi connectivity index (χ1n) is 7.66. The molecule has 0 bridgehead atoms. The predicted molar refractivity (Wildman–Crippen MR) is 89.2 cm³/mol. The van der Waals surface area contributed by atoms with Gasteiger partial charge in [0.1, 0.15) is 13.1 Å². The number of rotatable bonds is 5. The first kappa shape index (κ1) is 16.8. The fourth-order valence-electron chi connectivity index (χ4n) is 2.61. The van der Waals surface area contributed by atoms with E-state index in [9.17, 15) is 4.79 Å². The van der Waals surface area contributed by atoms with Crippen LogP contribution in [-0.2, 0) is 0 Å². The Balaban J connectivity index is 2.21. The summed E-state index contributed by atoms with van der Waals surface area (Å²) in [5, 5.41) is 9.02. The molecule has 1 aromatic heterocycles. The van der Waals surface area contributed by atoms with E-state index in [1.165, 1.54) is 0 Å². The van der Waals surface area contributed by atoms with E-state index in [1.54, 1.807) is 19.0 Å². The van der Waals surface area contributed by atoms with Crippen molar-refractivity contribution < 1.29 is 9.90 Å². The van der Waals surface area contributed by atoms with E-state index in [2.05, 4.69) is 14.8 Å². The molecule has 0 aliphatic carbocycles. The number of hydrogen-bond acceptors (Lipinski definition) is 5. The number of β-amino-alcohol motifs (C(OH)–C–C–N with tert-alkyl or cyclic N) is 1. The van der Waals surface area contributed by atoms with Gasteiger partial charge in [0.15, 0.2) is 0 Å². The van der Waals surface area contributed by atoms with Crippen molar-refractivity contribution in [3.63, 3.8) is 0 Å². The number of amides is 1. The molecule has 1 radical (unpaired) electrons. The highest BCUT2D eigenvalue weighted by atomic mass is 16.3. The van der Waals surface area contributed by atoms with E-state index >= 15 is 0 Å². The summed E-state index contributed by atoms with van der Waals surface area (Å²) in [4.78, 5) is 22.9. The van der Waals surface area contributed by atoms with Crippen LogP contribution in [0.15, 0.2) is 12.3 Å². The molecule has 1 aliphatic heterocycles. The van der Waals surface area contributed by atoms with Gasteiger partial charge in [0.25, 0.3) is 5.91 Å². The lowest BCUT2D eigenvalue weighted by atomic mass is 9.74. The maximum Gasteiger partial charge on any atom is 0.257 e. The summed E-state index contributed by atoms with van der Waals surface area (Å²) in [6.07, 6.45) is 1.81. The van der Waals surface area contributed by atoms with Crippen molar-refractivity contribution >= 4 is 24.5 Å². The summed E-state index contributed by atoms with van der Waals surface area (Å²) in [5.74, 6) is 0.733. The van der Waals surface area contributed by atoms with E-state index in [0.717, 1.165) is 37.5 Å². The Morgan fingerprint density at radius 2 is 2.05 bits per heavy atom. The van der Waals surface area contributed by atoms with Crippen LogP contribution in [0.2, 0.25) is 6.82 Å². The van der Waals surface area contributed by atoms with Gasteiger partial charge in [-0.2, -0.15) is 0 Å². The fraction of sp³-hybridized carbons (Fsp3) is 0.600. The zero-order chi connectivity index (χ0) is 16.1. The maximum atomic E-state index is 12.4. The molecular weight excluding hydrogens is 279 g/mol. The van der Waals surface area contributed by atoms with Crippen molar-refractivity contribution in [2.45, 2.75) is 6.82 Å². The quantitative estimate of drug-likeness (QED) is 0.727. The normalized spacial score (nSPS) is 15.7. The lowest BCUT2D eigenvalue weighted by Crippen LogP contribution is -2.48. The topological polar surface area (TPSA) is 59.9 Å². The van der Waals surface area contributed by atoms with Crippen molar-refractivity contribution in [2.75, 3.05) is 58.3 Å². The number of aromatic nitrogens is 1. The SMILES string of the molecule is C[B]c1cnc(N2CCN(CCO)CC2)c(C(=O)N(C)C)c1. The third kappa shape index (κ3) is 3.78. The number of aliphatic hydroxyl groups excluding tert-OH is 1. The minimum Gasteiger partial charge on any atom is -0.395 e. The van der Waals surface area contributed by atoms with Crippen LogP contribution in [0.3, 0.4) is 0 Å². The monoisotopic (exact) mass is 303 g/mol. The summed E-state index contributed by atoms with van der Waals surface area (Å²) >= 11 is 0. The highest BCUT2D eigenvalue weighted by molar-refractivity contribution is 6.52. The Hall–Kier alpha value is -1.60. The van der Waals surface area contributed by atoms with Gasteiger partial charge < -0.3 is 14.9 Å². The number of carbonyl (C=O) groups excluding carboxylic acids is 1. The molecule has 1 N–H and O–H groups in total. The van der Waals surface area contributed by atoms with Crippen LogP contribution in [0.25, 0.3) is 0 Å². The molecule has 2 rings (SSSR count). The molecule has 22 heavy (non-hydrogen) atoms. The van der Waals surface area contributed by atoms with Crippen molar-refractivity contribution in [3.05, 3.63) is 17.8 Å². The Kier molecular flexibility index (Phi) is 5.79. The van der Waals surface area contributed by atoms with E-state index in [0.29, 0.717) is 12.1 Å². The predicted octanol–water partition coefficient (Wildman–Crippen LogP) is -0.725. The molecule has 1 aromatic rings. The molecule has 7 heteroatoms. The molecule has 1 saturated heterocycles. The van der Waals surface area contributed by atoms with Crippen LogP contribution in [-0.4, -0.2) is 86.5 Å². The highest BCUT2D eigenvalue weighted by Gasteiger charge is 2.23. The van der Waals surface area contributed by atoms with Gasteiger partial charge >= 0.3 is 0 Å². The first-order valence-corrected chi connectivity index (χ1v) is 7.66. The minimum atomic E-state index is -0.0241. The smallest absolute Gasteiger partial charge is 0.257 e. The Morgan fingerprint density at radius 1 is 1.36 bits per heavy atom. The summed E-state index contributed by atoms with van der Waals surface area (Å²) in [7, 11) is 5.46. The number of nitrogens with zero attached hydrogens (tertiary/aromatic N) is 4. The average molecular weight is 303 g/mol. The van der Waals surface area contributed by atoms with Crippen LogP contribution in [0.1, 0.15) is 10.4 Å². The molecule has 0 aromatic carbocycles. The summed E-state index contributed by atoms with van der Waals surface area (Å²) in [6, 6.07) is 1.91. The van der Waals surface area contributed by atoms with Gasteiger partial charge in [-0.25, -0.2) is 4.98 Å². The third-order valence-corrected chi connectivity index (χ3v) is 3.95. The fourth-order valence-corrected chi connectivity index (χ4v) is 2.61. The van der Waals surface area contributed by atoms with Crippen molar-refractivity contribution in [1.29, 1.82) is 0 Å². The van der Waals surface area contributed by atoms with Crippen molar-refractivity contribution in [2.24, 2.45) is 0 Å². The first-order chi connectivity index (χ1) is 10.6. The number of pyridine rings is 1. The minimum absolute atomic E-state index is 0.0241. The van der Waals surface area contributed by atoms with Crippen molar-refractivity contribution in [3.8, 4) is 0 Å². The molecule has 0 spiro atoms. The zero-order valence-corrected chi connectivity index (χ0v) is 13.6. The van der Waals surface area contributed by atoms with Gasteiger partial charge in [0.05, 0.1) is 12.2 Å². The summed E-state index contributed by atoms with van der Waals surface area (Å²) in [6.45, 7) is 6.21. The Labute approximate surface area is 133 Å². The van der Waals surface area contributed by atoms with E-state index in [1.807, 2.05) is 26.4 Å². The van der Waals surface area contributed by atoms with Crippen LogP contribution in [0, 0.1) is 0 Å². The van der Waals surface area contributed by atoms with E-state index in [4.69, 9.17) is 5.11 Å². The Bertz CT molecular complexity index is 516. The molecule has 6 nitrogen and oxygen atoms in total. The zero-order valence-electron chi connectivity index (χ0n) is 13.6. The van der Waals surface area contributed by atoms with Gasteiger partial charge in [-0.15, -0.1) is 0 Å². The van der Waals surface area contributed by atoms with Gasteiger partial charge in [-0.05, 0) is 0 Å². The van der Waals surface area contributed by atoms with E-state index < -0.39 is 0 Å². The number of anilines is 1. The molecular formula is C15H24BN4O2. The lowest BCUT2D eigenvalue weighted by Gasteiger charge is -2.36. The largest absolute Gasteiger partial charge is 0.395 e.